The van der Waals surface area contributed by atoms with Crippen LogP contribution in [-0.4, -0.2) is 17.3 Å². The van der Waals surface area contributed by atoms with E-state index in [1.54, 1.807) is 0 Å². The topological polar surface area (TPSA) is 32.3 Å². The zero-order valence-corrected chi connectivity index (χ0v) is 10.2. The highest BCUT2D eigenvalue weighted by Crippen LogP contribution is 2.27. The van der Waals surface area contributed by atoms with Gasteiger partial charge in [0.25, 0.3) is 0 Å². The van der Waals surface area contributed by atoms with Crippen molar-refractivity contribution in [2.24, 2.45) is 0 Å². The first-order valence-corrected chi connectivity index (χ1v) is 6.13. The predicted molar refractivity (Wildman–Crippen MR) is 67.9 cm³/mol. The number of aliphatic hydroxyl groups is 1. The fraction of sp³-hybridized carbons (Fsp3) is 0.571. The first-order valence-electron chi connectivity index (χ1n) is 6.13. The van der Waals surface area contributed by atoms with Crippen LogP contribution in [0.5, 0.6) is 0 Å². The van der Waals surface area contributed by atoms with Crippen molar-refractivity contribution < 1.29 is 5.11 Å². The van der Waals surface area contributed by atoms with Crippen LogP contribution in [0.4, 0.5) is 5.69 Å². The second kappa shape index (κ2) is 4.46. The summed E-state index contributed by atoms with van der Waals surface area (Å²) in [4.78, 5) is 0. The quantitative estimate of drug-likeness (QED) is 0.801. The van der Waals surface area contributed by atoms with Gasteiger partial charge in [0.05, 0.1) is 5.60 Å². The third kappa shape index (κ3) is 2.76. The minimum atomic E-state index is -0.624. The maximum atomic E-state index is 9.92. The van der Waals surface area contributed by atoms with Crippen LogP contribution in [0.3, 0.4) is 0 Å². The SMILES string of the molecule is CC(C)(O)Cc1cccc2c1CCCCN2. The lowest BCUT2D eigenvalue weighted by molar-refractivity contribution is 0.0808. The van der Waals surface area contributed by atoms with E-state index in [-0.39, 0.29) is 0 Å². The molecule has 0 atom stereocenters. The summed E-state index contributed by atoms with van der Waals surface area (Å²) in [6.07, 6.45) is 4.34. The highest BCUT2D eigenvalue weighted by molar-refractivity contribution is 5.55. The molecule has 0 radical (unpaired) electrons. The summed E-state index contributed by atoms with van der Waals surface area (Å²) in [6.45, 7) is 4.81. The fourth-order valence-corrected chi connectivity index (χ4v) is 2.38. The van der Waals surface area contributed by atoms with E-state index in [9.17, 15) is 5.11 Å². The Morgan fingerprint density at radius 3 is 2.88 bits per heavy atom. The summed E-state index contributed by atoms with van der Waals surface area (Å²) in [7, 11) is 0. The average Bonchev–Trinajstić information content (AvgIpc) is 2.41. The number of hydrogen-bond acceptors (Lipinski definition) is 2. The van der Waals surface area contributed by atoms with E-state index in [2.05, 4.69) is 23.5 Å². The molecular weight excluding hydrogens is 198 g/mol. The van der Waals surface area contributed by atoms with E-state index in [1.807, 2.05) is 13.8 Å². The van der Waals surface area contributed by atoms with Gasteiger partial charge in [-0.15, -0.1) is 0 Å². The number of anilines is 1. The third-order valence-corrected chi connectivity index (χ3v) is 3.07. The molecule has 1 aromatic rings. The van der Waals surface area contributed by atoms with Gasteiger partial charge in [-0.25, -0.2) is 0 Å². The van der Waals surface area contributed by atoms with E-state index in [0.717, 1.165) is 19.4 Å². The Kier molecular flexibility index (Phi) is 3.20. The average molecular weight is 219 g/mol. The van der Waals surface area contributed by atoms with Gasteiger partial charge in [-0.3, -0.25) is 0 Å². The van der Waals surface area contributed by atoms with Crippen molar-refractivity contribution in [3.63, 3.8) is 0 Å². The summed E-state index contributed by atoms with van der Waals surface area (Å²) >= 11 is 0. The van der Waals surface area contributed by atoms with Crippen LogP contribution in [0.2, 0.25) is 0 Å². The standard InChI is InChI=1S/C14H21NO/c1-14(2,16)10-11-6-5-8-13-12(11)7-3-4-9-15-13/h5-6,8,15-16H,3-4,7,9-10H2,1-2H3. The Bertz CT molecular complexity index is 365. The molecular formula is C14H21NO. The van der Waals surface area contributed by atoms with E-state index in [4.69, 9.17) is 0 Å². The lowest BCUT2D eigenvalue weighted by atomic mass is 9.92. The minimum absolute atomic E-state index is 0.624. The van der Waals surface area contributed by atoms with Gasteiger partial charge < -0.3 is 10.4 Å². The molecule has 0 bridgehead atoms. The van der Waals surface area contributed by atoms with Gasteiger partial charge in [-0.2, -0.15) is 0 Å². The van der Waals surface area contributed by atoms with E-state index in [0.29, 0.717) is 0 Å². The lowest BCUT2D eigenvalue weighted by Crippen LogP contribution is -2.22. The zero-order chi connectivity index (χ0) is 11.6. The molecule has 0 spiro atoms. The van der Waals surface area contributed by atoms with Crippen LogP contribution < -0.4 is 5.32 Å². The zero-order valence-electron chi connectivity index (χ0n) is 10.2. The minimum Gasteiger partial charge on any atom is -0.390 e. The molecule has 16 heavy (non-hydrogen) atoms. The highest BCUT2D eigenvalue weighted by atomic mass is 16.3. The van der Waals surface area contributed by atoms with Crippen LogP contribution in [0.15, 0.2) is 18.2 Å². The molecule has 1 aliphatic heterocycles. The van der Waals surface area contributed by atoms with E-state index in [1.165, 1.54) is 29.7 Å². The molecule has 2 heteroatoms. The summed E-state index contributed by atoms with van der Waals surface area (Å²) in [6, 6.07) is 6.37. The lowest BCUT2D eigenvalue weighted by Gasteiger charge is -2.20. The van der Waals surface area contributed by atoms with Crippen molar-refractivity contribution in [1.29, 1.82) is 0 Å². The van der Waals surface area contributed by atoms with Crippen molar-refractivity contribution in [2.45, 2.75) is 45.1 Å². The number of fused-ring (bicyclic) bond motifs is 1. The highest BCUT2D eigenvalue weighted by Gasteiger charge is 2.18. The molecule has 0 saturated heterocycles. The first kappa shape index (κ1) is 11.5. The van der Waals surface area contributed by atoms with Crippen molar-refractivity contribution in [3.05, 3.63) is 29.3 Å². The molecule has 1 aliphatic rings. The third-order valence-electron chi connectivity index (χ3n) is 3.07. The number of hydrogen-bond donors (Lipinski definition) is 2. The second-order valence-corrected chi connectivity index (χ2v) is 5.32. The largest absolute Gasteiger partial charge is 0.390 e. The Balaban J connectivity index is 2.31. The monoisotopic (exact) mass is 219 g/mol. The maximum Gasteiger partial charge on any atom is 0.0632 e. The summed E-state index contributed by atoms with van der Waals surface area (Å²) in [5, 5.41) is 13.4. The number of benzene rings is 1. The van der Waals surface area contributed by atoms with Crippen molar-refractivity contribution in [1.82, 2.24) is 0 Å². The molecule has 2 N–H and O–H groups in total. The smallest absolute Gasteiger partial charge is 0.0632 e. The van der Waals surface area contributed by atoms with Gasteiger partial charge in [0.2, 0.25) is 0 Å². The number of rotatable bonds is 2. The van der Waals surface area contributed by atoms with E-state index >= 15 is 0 Å². The van der Waals surface area contributed by atoms with Gasteiger partial charge >= 0.3 is 0 Å². The Labute approximate surface area is 97.7 Å². The van der Waals surface area contributed by atoms with Crippen LogP contribution >= 0.6 is 0 Å². The Morgan fingerprint density at radius 2 is 2.12 bits per heavy atom. The Hall–Kier alpha value is -1.02. The van der Waals surface area contributed by atoms with E-state index < -0.39 is 5.60 Å². The van der Waals surface area contributed by atoms with Crippen LogP contribution in [-0.2, 0) is 12.8 Å². The van der Waals surface area contributed by atoms with Gasteiger partial charge in [-0.1, -0.05) is 12.1 Å². The molecule has 0 aliphatic carbocycles. The predicted octanol–water partition coefficient (Wildman–Crippen LogP) is 2.75. The van der Waals surface area contributed by atoms with Gasteiger partial charge in [0.1, 0.15) is 0 Å². The van der Waals surface area contributed by atoms with Gasteiger partial charge in [0, 0.05) is 18.7 Å². The van der Waals surface area contributed by atoms with Crippen molar-refractivity contribution >= 4 is 5.69 Å². The molecule has 1 heterocycles. The molecule has 0 fully saturated rings. The van der Waals surface area contributed by atoms with Gasteiger partial charge in [0.15, 0.2) is 0 Å². The Morgan fingerprint density at radius 1 is 1.31 bits per heavy atom. The summed E-state index contributed by atoms with van der Waals surface area (Å²) in [5.74, 6) is 0. The molecule has 0 saturated carbocycles. The van der Waals surface area contributed by atoms with Crippen molar-refractivity contribution in [2.75, 3.05) is 11.9 Å². The van der Waals surface area contributed by atoms with Crippen LogP contribution in [0, 0.1) is 0 Å². The summed E-state index contributed by atoms with van der Waals surface area (Å²) < 4.78 is 0. The molecule has 0 aromatic heterocycles. The fourth-order valence-electron chi connectivity index (χ4n) is 2.38. The summed E-state index contributed by atoms with van der Waals surface area (Å²) in [5.41, 5.74) is 3.34. The second-order valence-electron chi connectivity index (χ2n) is 5.32. The van der Waals surface area contributed by atoms with Crippen LogP contribution in [0.25, 0.3) is 0 Å². The maximum absolute atomic E-state index is 9.92. The molecule has 0 unspecified atom stereocenters. The molecule has 1 aromatic carbocycles. The number of nitrogens with one attached hydrogen (secondary N) is 1. The first-order chi connectivity index (χ1) is 7.56. The molecule has 2 nitrogen and oxygen atoms in total. The molecule has 2 rings (SSSR count). The van der Waals surface area contributed by atoms with Crippen molar-refractivity contribution in [3.8, 4) is 0 Å². The van der Waals surface area contributed by atoms with Gasteiger partial charge in [-0.05, 0) is 50.3 Å². The molecule has 0 amide bonds. The normalized spacial score (nSPS) is 16.2. The molecule has 88 valence electrons. The van der Waals surface area contributed by atoms with Crippen LogP contribution in [0.1, 0.15) is 37.8 Å².